The van der Waals surface area contributed by atoms with Gasteiger partial charge in [-0.1, -0.05) is 124 Å². The molecule has 0 aromatic heterocycles. The minimum atomic E-state index is -2.99. The first-order chi connectivity index (χ1) is 21.2. The van der Waals surface area contributed by atoms with Gasteiger partial charge in [-0.05, 0) is 21.0 Å². The number of rotatable bonds is 11. The topological polar surface area (TPSA) is 102 Å². The summed E-state index contributed by atoms with van der Waals surface area (Å²) >= 11 is 0. The second-order valence-corrected chi connectivity index (χ2v) is 16.1. The predicted molar refractivity (Wildman–Crippen MR) is 167 cm³/mol. The largest absolute Gasteiger partial charge is 0.509 e. The van der Waals surface area contributed by atoms with Crippen molar-refractivity contribution in [2.75, 3.05) is 13.2 Å². The zero-order valence-corrected chi connectivity index (χ0v) is 26.2. The first-order valence-electron chi connectivity index (χ1n) is 14.7. The van der Waals surface area contributed by atoms with Gasteiger partial charge in [0.1, 0.15) is 18.8 Å². The Morgan fingerprint density at radius 3 is 2.11 bits per heavy atom. The average Bonchev–Trinajstić information content (AvgIpc) is 3.43. The van der Waals surface area contributed by atoms with Crippen molar-refractivity contribution < 1.29 is 37.7 Å². The van der Waals surface area contributed by atoms with Crippen LogP contribution in [-0.2, 0) is 34.7 Å². The predicted octanol–water partition coefficient (Wildman–Crippen LogP) is 4.69. The SMILES string of the molecule is C=CCOC(=O)O[C@H]1[C@@H]2OC(=O)N[C@H]2[C@H](OCc2ccccc2)O[C@@H]1CO[Si](c1ccccc1)(c1ccccc1)C(C)(C)C. The molecule has 2 saturated heterocycles. The van der Waals surface area contributed by atoms with E-state index in [1.165, 1.54) is 6.08 Å². The van der Waals surface area contributed by atoms with Crippen LogP contribution < -0.4 is 15.7 Å². The number of alkyl carbamates (subject to hydrolysis) is 1. The molecule has 44 heavy (non-hydrogen) atoms. The van der Waals surface area contributed by atoms with E-state index in [4.69, 9.17) is 28.1 Å². The molecule has 0 bridgehead atoms. The molecule has 0 aliphatic carbocycles. The molecule has 0 radical (unpaired) electrons. The van der Waals surface area contributed by atoms with Crippen molar-refractivity contribution in [3.63, 3.8) is 0 Å². The number of carbonyl (C=O) groups excluding carboxylic acids is 2. The number of amides is 1. The molecule has 2 aliphatic heterocycles. The minimum absolute atomic E-state index is 0.0264. The summed E-state index contributed by atoms with van der Waals surface area (Å²) in [6.07, 6.45) is -3.84. The van der Waals surface area contributed by atoms with Crippen molar-refractivity contribution in [1.29, 1.82) is 0 Å². The Bertz CT molecular complexity index is 1360. The van der Waals surface area contributed by atoms with E-state index in [9.17, 15) is 9.59 Å². The van der Waals surface area contributed by atoms with Crippen LogP contribution in [0.25, 0.3) is 0 Å². The van der Waals surface area contributed by atoms with Crippen molar-refractivity contribution in [2.24, 2.45) is 0 Å². The fourth-order valence-electron chi connectivity index (χ4n) is 5.90. The molecule has 3 aromatic rings. The molecular formula is C34H39NO8Si. The molecule has 0 saturated carbocycles. The van der Waals surface area contributed by atoms with Gasteiger partial charge in [0.2, 0.25) is 0 Å². The number of fused-ring (bicyclic) bond motifs is 1. The molecule has 2 heterocycles. The van der Waals surface area contributed by atoms with Gasteiger partial charge in [-0.15, -0.1) is 0 Å². The van der Waals surface area contributed by atoms with E-state index in [1.807, 2.05) is 66.7 Å². The van der Waals surface area contributed by atoms with Gasteiger partial charge in [-0.25, -0.2) is 9.59 Å². The molecule has 0 spiro atoms. The monoisotopic (exact) mass is 617 g/mol. The third-order valence-corrected chi connectivity index (χ3v) is 12.9. The van der Waals surface area contributed by atoms with Crippen LogP contribution in [0.4, 0.5) is 9.59 Å². The molecule has 0 unspecified atom stereocenters. The molecule has 5 atom stereocenters. The van der Waals surface area contributed by atoms with Crippen LogP contribution in [0, 0.1) is 0 Å². The molecule has 1 N–H and O–H groups in total. The number of nitrogens with one attached hydrogen (secondary N) is 1. The van der Waals surface area contributed by atoms with Crippen LogP contribution in [-0.4, -0.2) is 64.4 Å². The molecule has 9 nitrogen and oxygen atoms in total. The van der Waals surface area contributed by atoms with Gasteiger partial charge < -0.3 is 33.4 Å². The zero-order valence-electron chi connectivity index (χ0n) is 25.2. The summed E-state index contributed by atoms with van der Waals surface area (Å²) in [6.45, 7) is 10.3. The maximum atomic E-state index is 12.7. The lowest BCUT2D eigenvalue weighted by molar-refractivity contribution is -0.262. The number of hydrogen-bond acceptors (Lipinski definition) is 8. The Morgan fingerprint density at radius 1 is 0.955 bits per heavy atom. The van der Waals surface area contributed by atoms with Crippen molar-refractivity contribution in [2.45, 2.75) is 63.1 Å². The molecule has 1 amide bonds. The summed E-state index contributed by atoms with van der Waals surface area (Å²) in [5, 5.41) is 4.63. The number of carbonyl (C=O) groups is 2. The number of benzene rings is 3. The van der Waals surface area contributed by atoms with E-state index < -0.39 is 51.2 Å². The summed E-state index contributed by atoms with van der Waals surface area (Å²) in [5.74, 6) is 0. The van der Waals surface area contributed by atoms with Crippen molar-refractivity contribution in [1.82, 2.24) is 5.32 Å². The van der Waals surface area contributed by atoms with Crippen molar-refractivity contribution in [3.05, 3.63) is 109 Å². The fourth-order valence-corrected chi connectivity index (χ4v) is 10.5. The van der Waals surface area contributed by atoms with E-state index in [-0.39, 0.29) is 24.9 Å². The number of ether oxygens (including phenoxy) is 5. The standard InChI is InChI=1S/C34H39NO8Si/c1-5-21-38-33(37)43-29-27(41-31(28-30(29)42-32(36)35-28)39-22-24-15-9-6-10-16-24)23-40-44(34(2,3)4,25-17-11-7-12-18-25)26-19-13-8-14-20-26/h5-20,27-31H,1,21-23H2,2-4H3,(H,35,36)/t27-,28-,29-,30-,31-/m1/s1. The van der Waals surface area contributed by atoms with Gasteiger partial charge in [0.05, 0.1) is 13.2 Å². The molecule has 3 aromatic carbocycles. The Hall–Kier alpha value is -3.96. The molecule has 2 aliphatic rings. The first kappa shape index (κ1) is 31.5. The quantitative estimate of drug-likeness (QED) is 0.188. The van der Waals surface area contributed by atoms with Gasteiger partial charge in [0.15, 0.2) is 18.5 Å². The van der Waals surface area contributed by atoms with Crippen molar-refractivity contribution in [3.8, 4) is 0 Å². The van der Waals surface area contributed by atoms with Crippen LogP contribution >= 0.6 is 0 Å². The van der Waals surface area contributed by atoms with E-state index in [2.05, 4.69) is 56.9 Å². The minimum Gasteiger partial charge on any atom is -0.440 e. The van der Waals surface area contributed by atoms with Crippen LogP contribution in [0.5, 0.6) is 0 Å². The van der Waals surface area contributed by atoms with Crippen molar-refractivity contribution >= 4 is 30.9 Å². The molecule has 2 fully saturated rings. The summed E-state index contributed by atoms with van der Waals surface area (Å²) in [6, 6.07) is 29.3. The van der Waals surface area contributed by atoms with Crippen LogP contribution in [0.2, 0.25) is 5.04 Å². The van der Waals surface area contributed by atoms with Gasteiger partial charge >= 0.3 is 12.2 Å². The third kappa shape index (κ3) is 6.73. The second-order valence-electron chi connectivity index (χ2n) is 11.8. The number of hydrogen-bond donors (Lipinski definition) is 1. The third-order valence-electron chi connectivity index (χ3n) is 7.86. The van der Waals surface area contributed by atoms with Gasteiger partial charge in [0, 0.05) is 0 Å². The van der Waals surface area contributed by atoms with E-state index >= 15 is 0 Å². The van der Waals surface area contributed by atoms with Gasteiger partial charge in [-0.3, -0.25) is 0 Å². The Kier molecular flexibility index (Phi) is 9.85. The van der Waals surface area contributed by atoms with Crippen LogP contribution in [0.1, 0.15) is 26.3 Å². The van der Waals surface area contributed by atoms with Crippen LogP contribution in [0.3, 0.4) is 0 Å². The van der Waals surface area contributed by atoms with E-state index in [0.29, 0.717) is 0 Å². The summed E-state index contributed by atoms with van der Waals surface area (Å²) in [5.41, 5.74) is 0.935. The summed E-state index contributed by atoms with van der Waals surface area (Å²) < 4.78 is 36.4. The van der Waals surface area contributed by atoms with Gasteiger partial charge in [-0.2, -0.15) is 0 Å². The zero-order chi connectivity index (χ0) is 31.2. The lowest BCUT2D eigenvalue weighted by atomic mass is 9.97. The normalized spacial score (nSPS) is 23.2. The second kappa shape index (κ2) is 13.8. The molecule has 5 rings (SSSR count). The highest BCUT2D eigenvalue weighted by Crippen LogP contribution is 2.38. The summed E-state index contributed by atoms with van der Waals surface area (Å²) in [4.78, 5) is 25.2. The highest BCUT2D eigenvalue weighted by atomic mass is 28.4. The molecule has 10 heteroatoms. The Labute approximate surface area is 259 Å². The lowest BCUT2D eigenvalue weighted by Crippen LogP contribution is -2.68. The highest BCUT2D eigenvalue weighted by molar-refractivity contribution is 6.99. The highest BCUT2D eigenvalue weighted by Gasteiger charge is 2.57. The van der Waals surface area contributed by atoms with E-state index in [0.717, 1.165) is 15.9 Å². The fraction of sp³-hybridized carbons (Fsp3) is 0.353. The molecule has 232 valence electrons. The molecular weight excluding hydrogens is 578 g/mol. The lowest BCUT2D eigenvalue weighted by Gasteiger charge is -2.46. The van der Waals surface area contributed by atoms with E-state index in [1.54, 1.807) is 0 Å². The van der Waals surface area contributed by atoms with Crippen LogP contribution in [0.15, 0.2) is 104 Å². The van der Waals surface area contributed by atoms with Gasteiger partial charge in [0.25, 0.3) is 8.32 Å². The Balaban J connectivity index is 1.49. The maximum Gasteiger partial charge on any atom is 0.509 e. The Morgan fingerprint density at radius 2 is 1.55 bits per heavy atom. The first-order valence-corrected chi connectivity index (χ1v) is 16.6. The smallest absolute Gasteiger partial charge is 0.440 e. The average molecular weight is 618 g/mol. The summed E-state index contributed by atoms with van der Waals surface area (Å²) in [7, 11) is -2.99. The maximum absolute atomic E-state index is 12.7.